The first-order valence-corrected chi connectivity index (χ1v) is 9.63. The number of nitrogens with one attached hydrogen (secondary N) is 1. The van der Waals surface area contributed by atoms with Gasteiger partial charge in [0.05, 0.1) is 6.10 Å². The van der Waals surface area contributed by atoms with Crippen LogP contribution in [0.15, 0.2) is 36.4 Å². The number of fused-ring (bicyclic) bond motifs is 2. The number of aliphatic hydroxyl groups excluding tert-OH is 1. The highest BCUT2D eigenvalue weighted by molar-refractivity contribution is 5.22. The minimum atomic E-state index is -0.0831. The van der Waals surface area contributed by atoms with Gasteiger partial charge in [0, 0.05) is 26.2 Å². The molecule has 1 aliphatic heterocycles. The topological polar surface area (TPSA) is 35.5 Å². The lowest BCUT2D eigenvalue weighted by Crippen LogP contribution is -2.35. The second-order valence-electron chi connectivity index (χ2n) is 8.00. The van der Waals surface area contributed by atoms with Crippen LogP contribution >= 0.6 is 0 Å². The fraction of sp³-hybridized carbons (Fsp3) is 0.619. The number of piperidine rings is 1. The smallest absolute Gasteiger partial charge is 0.0564 e. The van der Waals surface area contributed by atoms with Crippen LogP contribution in [0.4, 0.5) is 0 Å². The summed E-state index contributed by atoms with van der Waals surface area (Å²) in [4.78, 5) is 2.45. The molecule has 1 saturated heterocycles. The first kappa shape index (κ1) is 16.3. The zero-order valence-electron chi connectivity index (χ0n) is 14.5. The molecule has 1 aromatic carbocycles. The molecular weight excluding hydrogens is 296 g/mol. The van der Waals surface area contributed by atoms with E-state index in [1.165, 1.54) is 24.0 Å². The van der Waals surface area contributed by atoms with Gasteiger partial charge in [-0.3, -0.25) is 4.90 Å². The van der Waals surface area contributed by atoms with Crippen molar-refractivity contribution in [2.24, 2.45) is 17.8 Å². The van der Waals surface area contributed by atoms with Crippen LogP contribution in [-0.2, 0) is 13.1 Å². The molecule has 4 rings (SSSR count). The maximum absolute atomic E-state index is 9.59. The first-order chi connectivity index (χ1) is 11.8. The van der Waals surface area contributed by atoms with Gasteiger partial charge in [0.2, 0.25) is 0 Å². The van der Waals surface area contributed by atoms with Gasteiger partial charge in [0.25, 0.3) is 0 Å². The van der Waals surface area contributed by atoms with Gasteiger partial charge < -0.3 is 10.4 Å². The third-order valence-electron chi connectivity index (χ3n) is 6.14. The summed E-state index contributed by atoms with van der Waals surface area (Å²) >= 11 is 0. The van der Waals surface area contributed by atoms with Gasteiger partial charge in [0.15, 0.2) is 0 Å². The molecule has 3 atom stereocenters. The lowest BCUT2D eigenvalue weighted by Gasteiger charge is -2.29. The zero-order valence-corrected chi connectivity index (χ0v) is 14.5. The first-order valence-electron chi connectivity index (χ1n) is 9.63. The Morgan fingerprint density at radius 2 is 1.75 bits per heavy atom. The Bertz CT molecular complexity index is 560. The van der Waals surface area contributed by atoms with Crippen LogP contribution in [-0.4, -0.2) is 35.7 Å². The Labute approximate surface area is 145 Å². The average molecular weight is 326 g/mol. The summed E-state index contributed by atoms with van der Waals surface area (Å²) in [5.41, 5.74) is 2.76. The molecule has 3 heteroatoms. The van der Waals surface area contributed by atoms with E-state index in [1.54, 1.807) is 0 Å². The Kier molecular flexibility index (Phi) is 5.02. The molecule has 3 unspecified atom stereocenters. The van der Waals surface area contributed by atoms with Crippen LogP contribution in [0.25, 0.3) is 0 Å². The lowest BCUT2D eigenvalue weighted by atomic mass is 9.93. The molecule has 2 fully saturated rings. The third-order valence-corrected chi connectivity index (χ3v) is 6.14. The second-order valence-corrected chi connectivity index (χ2v) is 8.00. The van der Waals surface area contributed by atoms with Crippen molar-refractivity contribution in [1.29, 1.82) is 0 Å². The van der Waals surface area contributed by atoms with Crippen molar-refractivity contribution >= 4 is 0 Å². The van der Waals surface area contributed by atoms with Crippen LogP contribution in [0, 0.1) is 17.8 Å². The predicted molar refractivity (Wildman–Crippen MR) is 97.5 cm³/mol. The Balaban J connectivity index is 1.20. The van der Waals surface area contributed by atoms with Crippen LogP contribution in [0.5, 0.6) is 0 Å². The van der Waals surface area contributed by atoms with E-state index in [2.05, 4.69) is 46.6 Å². The molecule has 2 bridgehead atoms. The molecule has 3 aliphatic rings. The van der Waals surface area contributed by atoms with Crippen molar-refractivity contribution in [3.8, 4) is 0 Å². The summed E-state index contributed by atoms with van der Waals surface area (Å²) < 4.78 is 0. The molecule has 1 saturated carbocycles. The number of aliphatic hydroxyl groups is 1. The summed E-state index contributed by atoms with van der Waals surface area (Å²) in [6.07, 6.45) is 9.39. The average Bonchev–Trinajstić information content (AvgIpc) is 3.22. The minimum Gasteiger partial charge on any atom is -0.393 e. The monoisotopic (exact) mass is 326 g/mol. The molecule has 1 heterocycles. The van der Waals surface area contributed by atoms with E-state index < -0.39 is 0 Å². The third kappa shape index (κ3) is 3.90. The lowest BCUT2D eigenvalue weighted by molar-refractivity contribution is 0.0792. The largest absolute Gasteiger partial charge is 0.393 e. The van der Waals surface area contributed by atoms with Gasteiger partial charge in [-0.25, -0.2) is 0 Å². The molecule has 0 amide bonds. The molecule has 24 heavy (non-hydrogen) atoms. The molecule has 1 aromatic rings. The normalized spacial score (nSPS) is 30.3. The Morgan fingerprint density at radius 1 is 1.00 bits per heavy atom. The minimum absolute atomic E-state index is 0.0831. The SMILES string of the molecule is OC1CCN(Cc2ccc(CNCC3CC4C=CC3C4)cc2)CC1. The van der Waals surface area contributed by atoms with E-state index >= 15 is 0 Å². The van der Waals surface area contributed by atoms with Crippen LogP contribution in [0.3, 0.4) is 0 Å². The molecule has 3 nitrogen and oxygen atoms in total. The van der Waals surface area contributed by atoms with Crippen molar-refractivity contribution in [1.82, 2.24) is 10.2 Å². The van der Waals surface area contributed by atoms with E-state index in [-0.39, 0.29) is 6.10 Å². The fourth-order valence-corrected chi connectivity index (χ4v) is 4.63. The molecule has 2 aliphatic carbocycles. The van der Waals surface area contributed by atoms with E-state index in [0.717, 1.165) is 63.3 Å². The predicted octanol–water partition coefficient (Wildman–Crippen LogP) is 2.95. The maximum atomic E-state index is 9.59. The molecule has 0 spiro atoms. The van der Waals surface area contributed by atoms with E-state index in [9.17, 15) is 5.11 Å². The van der Waals surface area contributed by atoms with Crippen LogP contribution in [0.2, 0.25) is 0 Å². The number of benzene rings is 1. The van der Waals surface area contributed by atoms with Gasteiger partial charge in [-0.05, 0) is 61.1 Å². The van der Waals surface area contributed by atoms with Gasteiger partial charge in [-0.1, -0.05) is 36.4 Å². The number of nitrogens with zero attached hydrogens (tertiary/aromatic N) is 1. The standard InChI is InChI=1S/C21H30N2O/c24-21-7-9-23(10-8-21)15-17-3-1-16(2-4-17)13-22-14-20-12-18-5-6-19(20)11-18/h1-6,18-22,24H,7-15H2. The van der Waals surface area contributed by atoms with E-state index in [1.807, 2.05) is 0 Å². The summed E-state index contributed by atoms with van der Waals surface area (Å²) in [6, 6.07) is 9.06. The summed E-state index contributed by atoms with van der Waals surface area (Å²) in [5, 5.41) is 13.2. The molecular formula is C21H30N2O. The molecule has 0 aromatic heterocycles. The highest BCUT2D eigenvalue weighted by Crippen LogP contribution is 2.42. The highest BCUT2D eigenvalue weighted by Gasteiger charge is 2.34. The summed E-state index contributed by atoms with van der Waals surface area (Å²) in [5.74, 6) is 2.57. The Morgan fingerprint density at radius 3 is 2.42 bits per heavy atom. The molecule has 2 N–H and O–H groups in total. The van der Waals surface area contributed by atoms with Gasteiger partial charge >= 0.3 is 0 Å². The number of likely N-dealkylation sites (tertiary alicyclic amines) is 1. The van der Waals surface area contributed by atoms with Crippen LogP contribution in [0.1, 0.15) is 36.8 Å². The fourth-order valence-electron chi connectivity index (χ4n) is 4.63. The van der Waals surface area contributed by atoms with Gasteiger partial charge in [0.1, 0.15) is 0 Å². The van der Waals surface area contributed by atoms with Gasteiger partial charge in [-0.2, -0.15) is 0 Å². The van der Waals surface area contributed by atoms with Crippen molar-refractivity contribution in [3.63, 3.8) is 0 Å². The second kappa shape index (κ2) is 7.38. The van der Waals surface area contributed by atoms with E-state index in [0.29, 0.717) is 0 Å². The number of rotatable bonds is 6. The van der Waals surface area contributed by atoms with Crippen molar-refractivity contribution in [2.45, 2.75) is 44.9 Å². The van der Waals surface area contributed by atoms with Gasteiger partial charge in [-0.15, -0.1) is 0 Å². The quantitative estimate of drug-likeness (QED) is 0.789. The highest BCUT2D eigenvalue weighted by atomic mass is 16.3. The number of allylic oxidation sites excluding steroid dienone is 2. The zero-order chi connectivity index (χ0) is 16.4. The number of hydrogen-bond acceptors (Lipinski definition) is 3. The summed E-state index contributed by atoms with van der Waals surface area (Å²) in [6.45, 7) is 5.18. The van der Waals surface area contributed by atoms with Crippen molar-refractivity contribution in [2.75, 3.05) is 19.6 Å². The summed E-state index contributed by atoms with van der Waals surface area (Å²) in [7, 11) is 0. The maximum Gasteiger partial charge on any atom is 0.0564 e. The van der Waals surface area contributed by atoms with Crippen molar-refractivity contribution in [3.05, 3.63) is 47.5 Å². The van der Waals surface area contributed by atoms with Crippen molar-refractivity contribution < 1.29 is 5.11 Å². The molecule has 0 radical (unpaired) electrons. The Hall–Kier alpha value is -1.16. The number of hydrogen-bond donors (Lipinski definition) is 2. The molecule has 130 valence electrons. The van der Waals surface area contributed by atoms with Crippen LogP contribution < -0.4 is 5.32 Å². The van der Waals surface area contributed by atoms with E-state index in [4.69, 9.17) is 0 Å².